The number of ketones is 1. The second-order valence-electron chi connectivity index (χ2n) is 11.6. The highest BCUT2D eigenvalue weighted by molar-refractivity contribution is 5.83. The summed E-state index contributed by atoms with van der Waals surface area (Å²) in [5, 5.41) is 0. The number of allylic oxidation sites excluding steroid dienone is 2. The van der Waals surface area contributed by atoms with E-state index in [9.17, 15) is 9.59 Å². The third-order valence-corrected chi connectivity index (χ3v) is 10.6. The predicted octanol–water partition coefficient (Wildman–Crippen LogP) is 4.84. The number of hydrogen-bond donors (Lipinski definition) is 0. The van der Waals surface area contributed by atoms with Crippen LogP contribution in [0.1, 0.15) is 77.6 Å². The molecule has 28 heavy (non-hydrogen) atoms. The molecule has 150 valence electrons. The van der Waals surface area contributed by atoms with Gasteiger partial charge >= 0.3 is 5.97 Å². The van der Waals surface area contributed by atoms with Crippen molar-refractivity contribution in [2.75, 3.05) is 0 Å². The summed E-state index contributed by atoms with van der Waals surface area (Å²) in [6, 6.07) is 0. The van der Waals surface area contributed by atoms with Gasteiger partial charge in [0, 0.05) is 30.6 Å². The zero-order chi connectivity index (χ0) is 18.8. The molecular weight excluding hydrogens is 348 g/mol. The van der Waals surface area contributed by atoms with Crippen molar-refractivity contribution < 1.29 is 14.3 Å². The Morgan fingerprint density at radius 3 is 2.61 bits per heavy atom. The lowest BCUT2D eigenvalue weighted by molar-refractivity contribution is -0.174. The number of ether oxygens (including phenoxy) is 1. The van der Waals surface area contributed by atoms with Gasteiger partial charge in [-0.15, -0.1) is 0 Å². The van der Waals surface area contributed by atoms with Crippen LogP contribution in [0.15, 0.2) is 11.1 Å². The summed E-state index contributed by atoms with van der Waals surface area (Å²) in [5.74, 6) is 5.97. The molecule has 6 unspecified atom stereocenters. The molecule has 3 heteroatoms. The van der Waals surface area contributed by atoms with Crippen molar-refractivity contribution in [3.05, 3.63) is 11.1 Å². The van der Waals surface area contributed by atoms with Crippen LogP contribution in [0.4, 0.5) is 0 Å². The minimum Gasteiger partial charge on any atom is -0.458 e. The van der Waals surface area contributed by atoms with Gasteiger partial charge in [0.05, 0.1) is 0 Å². The number of fused-ring (bicyclic) bond motifs is 8. The van der Waals surface area contributed by atoms with Crippen molar-refractivity contribution in [3.8, 4) is 0 Å². The number of rotatable bonds is 1. The zero-order valence-corrected chi connectivity index (χ0v) is 17.0. The van der Waals surface area contributed by atoms with Crippen molar-refractivity contribution in [1.29, 1.82) is 0 Å². The molecule has 1 spiro atoms. The summed E-state index contributed by atoms with van der Waals surface area (Å²) in [6.07, 6.45) is 12.0. The number of carbonyl (C=O) groups is 2. The Morgan fingerprint density at radius 2 is 1.86 bits per heavy atom. The van der Waals surface area contributed by atoms with Crippen LogP contribution in [-0.2, 0) is 14.3 Å². The average molecular weight is 381 g/mol. The molecule has 5 fully saturated rings. The van der Waals surface area contributed by atoms with E-state index in [2.05, 4.69) is 6.92 Å². The second kappa shape index (κ2) is 5.13. The van der Waals surface area contributed by atoms with E-state index in [4.69, 9.17) is 4.74 Å². The van der Waals surface area contributed by atoms with Crippen molar-refractivity contribution in [2.45, 2.75) is 83.2 Å². The van der Waals surface area contributed by atoms with E-state index in [1.807, 2.05) is 0 Å². The zero-order valence-electron chi connectivity index (χ0n) is 17.0. The van der Waals surface area contributed by atoms with Gasteiger partial charge in [-0.2, -0.15) is 0 Å². The summed E-state index contributed by atoms with van der Waals surface area (Å²) in [5.41, 5.74) is 3.34. The highest BCUT2D eigenvalue weighted by atomic mass is 16.6. The maximum Gasteiger partial charge on any atom is 0.306 e. The van der Waals surface area contributed by atoms with E-state index >= 15 is 0 Å². The maximum absolute atomic E-state index is 12.2. The molecule has 7 aliphatic rings. The number of carbonyl (C=O) groups excluding carboxylic acids is 2. The third-order valence-electron chi connectivity index (χ3n) is 10.6. The SMILES string of the molecule is C[C@]12CCC3C4=C(CC(=O)CC4)CC(C4CC4)C3C1C1CC1[C@@]21CCC(=O)O1. The molecule has 1 heterocycles. The number of hydrogen-bond acceptors (Lipinski definition) is 3. The third kappa shape index (κ3) is 1.88. The van der Waals surface area contributed by atoms with Crippen molar-refractivity contribution in [3.63, 3.8) is 0 Å². The van der Waals surface area contributed by atoms with E-state index in [0.29, 0.717) is 18.1 Å². The first kappa shape index (κ1) is 16.7. The van der Waals surface area contributed by atoms with Gasteiger partial charge in [-0.3, -0.25) is 9.59 Å². The van der Waals surface area contributed by atoms with Gasteiger partial charge in [-0.1, -0.05) is 18.1 Å². The number of esters is 1. The van der Waals surface area contributed by atoms with E-state index in [0.717, 1.165) is 61.2 Å². The maximum atomic E-state index is 12.2. The Bertz CT molecular complexity index is 822. The van der Waals surface area contributed by atoms with Crippen LogP contribution in [0.5, 0.6) is 0 Å². The molecule has 4 saturated carbocycles. The molecule has 0 N–H and O–H groups in total. The highest BCUT2D eigenvalue weighted by Gasteiger charge is 2.79. The van der Waals surface area contributed by atoms with Crippen molar-refractivity contribution in [2.24, 2.45) is 46.8 Å². The molecule has 0 radical (unpaired) electrons. The van der Waals surface area contributed by atoms with Crippen molar-refractivity contribution >= 4 is 11.8 Å². The summed E-state index contributed by atoms with van der Waals surface area (Å²) in [4.78, 5) is 24.4. The topological polar surface area (TPSA) is 43.4 Å². The standard InChI is InChI=1S/C25H32O3/c1-24-8-6-17-16-5-4-15(26)10-14(16)11-18(13-2-3-13)22(17)23(24)19-12-20(19)25(24)9-7-21(27)28-25/h13,17-20,22-23H,2-12H2,1H3/t17?,18?,19?,20?,22?,23?,24-,25-/m0/s1. The normalized spacial score (nSPS) is 54.2. The van der Waals surface area contributed by atoms with E-state index in [1.54, 1.807) is 11.1 Å². The Morgan fingerprint density at radius 1 is 1.00 bits per heavy atom. The van der Waals surface area contributed by atoms with E-state index < -0.39 is 0 Å². The lowest BCUT2D eigenvalue weighted by Gasteiger charge is -2.58. The first-order valence-electron chi connectivity index (χ1n) is 12.0. The lowest BCUT2D eigenvalue weighted by atomic mass is 9.47. The molecule has 1 aliphatic heterocycles. The molecular formula is C25H32O3. The average Bonchev–Trinajstić information content (AvgIpc) is 3.59. The fourth-order valence-electron chi connectivity index (χ4n) is 9.51. The van der Waals surface area contributed by atoms with Gasteiger partial charge in [0.25, 0.3) is 0 Å². The Hall–Kier alpha value is -1.12. The smallest absolute Gasteiger partial charge is 0.306 e. The fourth-order valence-corrected chi connectivity index (χ4v) is 9.51. The van der Waals surface area contributed by atoms with E-state index in [1.165, 1.54) is 38.5 Å². The Balaban J connectivity index is 1.33. The van der Waals surface area contributed by atoms with Gasteiger partial charge in [0.2, 0.25) is 0 Å². The molecule has 0 amide bonds. The molecule has 8 atom stereocenters. The van der Waals surface area contributed by atoms with Gasteiger partial charge in [-0.25, -0.2) is 0 Å². The van der Waals surface area contributed by atoms with Crippen LogP contribution in [-0.4, -0.2) is 17.4 Å². The first-order valence-corrected chi connectivity index (χ1v) is 12.0. The minimum atomic E-state index is -0.129. The largest absolute Gasteiger partial charge is 0.458 e. The highest BCUT2D eigenvalue weighted by Crippen LogP contribution is 2.79. The van der Waals surface area contributed by atoms with Crippen molar-refractivity contribution in [1.82, 2.24) is 0 Å². The summed E-state index contributed by atoms with van der Waals surface area (Å²) < 4.78 is 6.25. The van der Waals surface area contributed by atoms with Gasteiger partial charge in [-0.05, 0) is 86.9 Å². The molecule has 0 aromatic heterocycles. The van der Waals surface area contributed by atoms with E-state index in [-0.39, 0.29) is 17.0 Å². The quantitative estimate of drug-likeness (QED) is 0.483. The minimum absolute atomic E-state index is 0.0628. The van der Waals surface area contributed by atoms with Crippen LogP contribution >= 0.6 is 0 Å². The fraction of sp³-hybridized carbons (Fsp3) is 0.840. The first-order chi connectivity index (χ1) is 13.5. The monoisotopic (exact) mass is 380 g/mol. The molecule has 0 aromatic rings. The predicted molar refractivity (Wildman–Crippen MR) is 104 cm³/mol. The van der Waals surface area contributed by atoms with Crippen LogP contribution in [0.2, 0.25) is 0 Å². The molecule has 1 saturated heterocycles. The second-order valence-corrected chi connectivity index (χ2v) is 11.6. The van der Waals surface area contributed by atoms with Gasteiger partial charge in [0.1, 0.15) is 11.4 Å². The summed E-state index contributed by atoms with van der Waals surface area (Å²) in [7, 11) is 0. The summed E-state index contributed by atoms with van der Waals surface area (Å²) >= 11 is 0. The Labute approximate surface area is 167 Å². The molecule has 3 nitrogen and oxygen atoms in total. The van der Waals surface area contributed by atoms with Gasteiger partial charge < -0.3 is 4.74 Å². The Kier molecular flexibility index (Phi) is 3.05. The van der Waals surface area contributed by atoms with Crippen LogP contribution in [0.25, 0.3) is 0 Å². The molecule has 6 aliphatic carbocycles. The summed E-state index contributed by atoms with van der Waals surface area (Å²) in [6.45, 7) is 2.51. The van der Waals surface area contributed by atoms with Crippen LogP contribution < -0.4 is 0 Å². The number of Topliss-reactive ketones (excluding diaryl/α,β-unsaturated/α-hetero) is 1. The van der Waals surface area contributed by atoms with Gasteiger partial charge in [0.15, 0.2) is 0 Å². The molecule has 7 rings (SSSR count). The molecule has 0 bridgehead atoms. The van der Waals surface area contributed by atoms with Crippen LogP contribution in [0, 0.1) is 46.8 Å². The lowest BCUT2D eigenvalue weighted by Crippen LogP contribution is -2.55. The molecule has 0 aromatic carbocycles. The van der Waals surface area contributed by atoms with Crippen LogP contribution in [0.3, 0.4) is 0 Å².